The quantitative estimate of drug-likeness (QED) is 0.712. The molecule has 7 heteroatoms. The average molecular weight is 354 g/mol. The van der Waals surface area contributed by atoms with E-state index in [-0.39, 0.29) is 18.0 Å². The number of benzene rings is 1. The lowest BCUT2D eigenvalue weighted by atomic mass is 10.1. The van der Waals surface area contributed by atoms with Crippen molar-refractivity contribution in [2.24, 2.45) is 14.1 Å². The summed E-state index contributed by atoms with van der Waals surface area (Å²) in [4.78, 5) is 38.8. The van der Waals surface area contributed by atoms with Crippen molar-refractivity contribution in [3.63, 3.8) is 0 Å². The molecular formula is C19H22N4O3. The van der Waals surface area contributed by atoms with Crippen molar-refractivity contribution in [3.8, 4) is 0 Å². The third-order valence-electron chi connectivity index (χ3n) is 4.92. The maximum absolute atomic E-state index is 12.7. The Bertz CT molecular complexity index is 1130. The monoisotopic (exact) mass is 354 g/mol. The lowest BCUT2D eigenvalue weighted by Crippen LogP contribution is -2.37. The summed E-state index contributed by atoms with van der Waals surface area (Å²) in [5, 5.41) is 0.413. The SMILES string of the molecule is Cc1ccc(N(C)C(=O)Cn2ccc3c(=O)n(C)c(=O)n(C)c32)cc1C. The highest BCUT2D eigenvalue weighted by molar-refractivity contribution is 5.93. The van der Waals surface area contributed by atoms with Gasteiger partial charge in [0.1, 0.15) is 12.2 Å². The first-order valence-corrected chi connectivity index (χ1v) is 8.31. The molecule has 0 bridgehead atoms. The number of amides is 1. The Hall–Kier alpha value is -3.09. The summed E-state index contributed by atoms with van der Waals surface area (Å²) >= 11 is 0. The van der Waals surface area contributed by atoms with E-state index in [1.165, 1.54) is 11.6 Å². The maximum Gasteiger partial charge on any atom is 0.332 e. The highest BCUT2D eigenvalue weighted by Gasteiger charge is 2.17. The standard InChI is InChI=1S/C19H22N4O3/c1-12-6-7-14(10-13(12)2)20(3)16(24)11-23-9-8-15-17(23)21(4)19(26)22(5)18(15)25/h6-10H,11H2,1-5H3. The highest BCUT2D eigenvalue weighted by Crippen LogP contribution is 2.18. The summed E-state index contributed by atoms with van der Waals surface area (Å²) in [5.41, 5.74) is 2.74. The normalized spacial score (nSPS) is 11.1. The second-order valence-electron chi connectivity index (χ2n) is 6.61. The third-order valence-corrected chi connectivity index (χ3v) is 4.92. The lowest BCUT2D eigenvalue weighted by Gasteiger charge is -2.19. The summed E-state index contributed by atoms with van der Waals surface area (Å²) in [5.74, 6) is -0.140. The smallest absolute Gasteiger partial charge is 0.324 e. The van der Waals surface area contributed by atoms with Crippen LogP contribution in [0.4, 0.5) is 5.69 Å². The van der Waals surface area contributed by atoms with E-state index in [9.17, 15) is 14.4 Å². The van der Waals surface area contributed by atoms with Gasteiger partial charge in [0, 0.05) is 33.0 Å². The van der Waals surface area contributed by atoms with Crippen LogP contribution in [-0.4, -0.2) is 26.7 Å². The van der Waals surface area contributed by atoms with Gasteiger partial charge in [-0.25, -0.2) is 4.79 Å². The van der Waals surface area contributed by atoms with Crippen molar-refractivity contribution >= 4 is 22.6 Å². The Balaban J connectivity index is 1.98. The fourth-order valence-corrected chi connectivity index (χ4v) is 3.05. The molecule has 0 aliphatic rings. The molecule has 2 heterocycles. The van der Waals surface area contributed by atoms with Crippen molar-refractivity contribution < 1.29 is 4.79 Å². The van der Waals surface area contributed by atoms with Gasteiger partial charge in [-0.2, -0.15) is 0 Å². The molecule has 0 spiro atoms. The molecule has 2 aromatic heterocycles. The van der Waals surface area contributed by atoms with E-state index in [1.807, 2.05) is 32.0 Å². The van der Waals surface area contributed by atoms with E-state index in [0.717, 1.165) is 21.4 Å². The van der Waals surface area contributed by atoms with E-state index < -0.39 is 5.69 Å². The minimum atomic E-state index is -0.419. The van der Waals surface area contributed by atoms with Gasteiger partial charge in [-0.3, -0.25) is 18.7 Å². The Labute approximate surface area is 150 Å². The molecule has 0 N–H and O–H groups in total. The van der Waals surface area contributed by atoms with Crippen LogP contribution < -0.4 is 16.1 Å². The summed E-state index contributed by atoms with van der Waals surface area (Å²) in [7, 11) is 4.76. The molecule has 3 aromatic rings. The number of nitrogens with zero attached hydrogens (tertiary/aromatic N) is 4. The summed E-state index contributed by atoms with van der Waals surface area (Å²) in [6, 6.07) is 7.49. The summed E-state index contributed by atoms with van der Waals surface area (Å²) < 4.78 is 4.09. The van der Waals surface area contributed by atoms with Gasteiger partial charge in [-0.15, -0.1) is 0 Å². The van der Waals surface area contributed by atoms with Gasteiger partial charge in [0.15, 0.2) is 0 Å². The minimum absolute atomic E-state index is 0.0351. The molecule has 0 radical (unpaired) electrons. The Morgan fingerprint density at radius 3 is 2.38 bits per heavy atom. The van der Waals surface area contributed by atoms with Crippen LogP contribution in [0.15, 0.2) is 40.1 Å². The summed E-state index contributed by atoms with van der Waals surface area (Å²) in [6.07, 6.45) is 1.66. The van der Waals surface area contributed by atoms with Crippen molar-refractivity contribution in [2.45, 2.75) is 20.4 Å². The van der Waals surface area contributed by atoms with Crippen molar-refractivity contribution in [3.05, 3.63) is 62.4 Å². The van der Waals surface area contributed by atoms with Crippen LogP contribution in [0, 0.1) is 13.8 Å². The van der Waals surface area contributed by atoms with Gasteiger partial charge in [0.05, 0.1) is 5.39 Å². The number of anilines is 1. The third kappa shape index (κ3) is 2.75. The zero-order valence-corrected chi connectivity index (χ0v) is 15.6. The van der Waals surface area contributed by atoms with Crippen LogP contribution in [0.25, 0.3) is 11.0 Å². The first-order chi connectivity index (χ1) is 12.2. The van der Waals surface area contributed by atoms with Crippen LogP contribution in [-0.2, 0) is 25.4 Å². The molecule has 0 fully saturated rings. The van der Waals surface area contributed by atoms with E-state index in [4.69, 9.17) is 0 Å². The maximum atomic E-state index is 12.7. The molecule has 136 valence electrons. The minimum Gasteiger partial charge on any atom is -0.324 e. The molecule has 0 saturated carbocycles. The second-order valence-corrected chi connectivity index (χ2v) is 6.61. The number of hydrogen-bond acceptors (Lipinski definition) is 3. The van der Waals surface area contributed by atoms with Crippen molar-refractivity contribution in [1.82, 2.24) is 13.7 Å². The molecular weight excluding hydrogens is 332 g/mol. The zero-order chi connectivity index (χ0) is 19.2. The van der Waals surface area contributed by atoms with E-state index in [2.05, 4.69) is 0 Å². The molecule has 0 unspecified atom stereocenters. The molecule has 0 saturated heterocycles. The number of rotatable bonds is 3. The van der Waals surface area contributed by atoms with Crippen LogP contribution >= 0.6 is 0 Å². The predicted molar refractivity (Wildman–Crippen MR) is 102 cm³/mol. The lowest BCUT2D eigenvalue weighted by molar-refractivity contribution is -0.118. The van der Waals surface area contributed by atoms with Gasteiger partial charge < -0.3 is 9.47 Å². The summed E-state index contributed by atoms with van der Waals surface area (Å²) in [6.45, 7) is 4.06. The van der Waals surface area contributed by atoms with Crippen LogP contribution in [0.5, 0.6) is 0 Å². The number of likely N-dealkylation sites (N-methyl/N-ethyl adjacent to an activating group) is 1. The predicted octanol–water partition coefficient (Wildman–Crippen LogP) is 1.32. The average Bonchev–Trinajstić information content (AvgIpc) is 3.03. The van der Waals surface area contributed by atoms with Crippen LogP contribution in [0.1, 0.15) is 11.1 Å². The molecule has 7 nitrogen and oxygen atoms in total. The number of aryl methyl sites for hydroxylation is 3. The zero-order valence-electron chi connectivity index (χ0n) is 15.6. The van der Waals surface area contributed by atoms with Crippen LogP contribution in [0.3, 0.4) is 0 Å². The molecule has 26 heavy (non-hydrogen) atoms. The number of aromatic nitrogens is 3. The molecule has 0 atom stereocenters. The number of carbonyl (C=O) groups is 1. The fourth-order valence-electron chi connectivity index (χ4n) is 3.05. The Kier molecular flexibility index (Phi) is 4.31. The molecule has 1 aromatic carbocycles. The van der Waals surface area contributed by atoms with Gasteiger partial charge in [0.25, 0.3) is 5.56 Å². The van der Waals surface area contributed by atoms with Crippen LogP contribution in [0.2, 0.25) is 0 Å². The van der Waals surface area contributed by atoms with Crippen molar-refractivity contribution in [1.29, 1.82) is 0 Å². The van der Waals surface area contributed by atoms with E-state index >= 15 is 0 Å². The highest BCUT2D eigenvalue weighted by atomic mass is 16.2. The number of fused-ring (bicyclic) bond motifs is 1. The van der Waals surface area contributed by atoms with E-state index in [0.29, 0.717) is 11.0 Å². The molecule has 0 aliphatic heterocycles. The second kappa shape index (κ2) is 6.33. The first kappa shape index (κ1) is 17.7. The molecule has 1 amide bonds. The van der Waals surface area contributed by atoms with Gasteiger partial charge in [-0.1, -0.05) is 6.07 Å². The van der Waals surface area contributed by atoms with Gasteiger partial charge in [-0.05, 0) is 43.2 Å². The molecule has 0 aliphatic carbocycles. The van der Waals surface area contributed by atoms with Gasteiger partial charge in [0.2, 0.25) is 5.91 Å². The Morgan fingerprint density at radius 1 is 1.04 bits per heavy atom. The fraction of sp³-hybridized carbons (Fsp3) is 0.316. The number of carbonyl (C=O) groups excluding carboxylic acids is 1. The topological polar surface area (TPSA) is 69.2 Å². The van der Waals surface area contributed by atoms with Gasteiger partial charge >= 0.3 is 5.69 Å². The number of hydrogen-bond donors (Lipinski definition) is 0. The Morgan fingerprint density at radius 2 is 1.73 bits per heavy atom. The first-order valence-electron chi connectivity index (χ1n) is 8.31. The van der Waals surface area contributed by atoms with Crippen molar-refractivity contribution in [2.75, 3.05) is 11.9 Å². The molecule has 3 rings (SSSR count). The largest absolute Gasteiger partial charge is 0.332 e. The van der Waals surface area contributed by atoms with E-state index in [1.54, 1.807) is 35.8 Å².